The Morgan fingerprint density at radius 1 is 1.03 bits per heavy atom. The normalized spacial score (nSPS) is 18.9. The lowest BCUT2D eigenvalue weighted by molar-refractivity contribution is -0.148. The molecule has 0 saturated carbocycles. The molecule has 2 fully saturated rings. The summed E-state index contributed by atoms with van der Waals surface area (Å²) >= 11 is 0. The van der Waals surface area contributed by atoms with E-state index in [2.05, 4.69) is 0 Å². The van der Waals surface area contributed by atoms with Crippen LogP contribution in [-0.4, -0.2) is 73.2 Å². The molecule has 2 aliphatic rings. The maximum Gasteiger partial charge on any atom is 0.254 e. The van der Waals surface area contributed by atoms with Crippen LogP contribution in [0.25, 0.3) is 0 Å². The minimum Gasteiger partial charge on any atom is -0.497 e. The maximum atomic E-state index is 13.0. The number of rotatable bonds is 5. The molecule has 2 saturated heterocycles. The van der Waals surface area contributed by atoms with E-state index in [1.165, 1.54) is 0 Å². The highest BCUT2D eigenvalue weighted by atomic mass is 16.5. The highest BCUT2D eigenvalue weighted by molar-refractivity contribution is 5.94. The summed E-state index contributed by atoms with van der Waals surface area (Å²) in [7, 11) is 1.61. The predicted molar refractivity (Wildman–Crippen MR) is 122 cm³/mol. The van der Waals surface area contributed by atoms with E-state index < -0.39 is 11.6 Å². The van der Waals surface area contributed by atoms with Gasteiger partial charge in [-0.05, 0) is 49.1 Å². The monoisotopic (exact) mass is 437 g/mol. The van der Waals surface area contributed by atoms with E-state index >= 15 is 0 Å². The lowest BCUT2D eigenvalue weighted by atomic mass is 9.88. The number of carbonyl (C=O) groups excluding carboxylic acids is 2. The van der Waals surface area contributed by atoms with Crippen LogP contribution in [0, 0.1) is 0 Å². The Labute approximate surface area is 189 Å². The summed E-state index contributed by atoms with van der Waals surface area (Å²) in [4.78, 5) is 29.6. The first-order chi connectivity index (χ1) is 15.5. The van der Waals surface area contributed by atoms with E-state index in [1.54, 1.807) is 31.4 Å². The molecular formula is C25H31N3O4. The van der Waals surface area contributed by atoms with Gasteiger partial charge in [-0.3, -0.25) is 9.59 Å². The van der Waals surface area contributed by atoms with E-state index in [1.807, 2.05) is 40.1 Å². The number of likely N-dealkylation sites (tertiary alicyclic amines) is 1. The lowest BCUT2D eigenvalue weighted by Gasteiger charge is -2.47. The van der Waals surface area contributed by atoms with Gasteiger partial charge in [-0.1, -0.05) is 30.3 Å². The third-order valence-electron chi connectivity index (χ3n) is 6.47. The predicted octanol–water partition coefficient (Wildman–Crippen LogP) is 2.10. The van der Waals surface area contributed by atoms with E-state index in [4.69, 9.17) is 15.2 Å². The van der Waals surface area contributed by atoms with Crippen molar-refractivity contribution in [2.75, 3.05) is 39.9 Å². The molecule has 0 aromatic heterocycles. The fraction of sp³-hybridized carbons (Fsp3) is 0.440. The summed E-state index contributed by atoms with van der Waals surface area (Å²) in [5.41, 5.74) is 7.51. The quantitative estimate of drug-likeness (QED) is 0.774. The third-order valence-corrected chi connectivity index (χ3v) is 6.47. The van der Waals surface area contributed by atoms with Gasteiger partial charge in [0.1, 0.15) is 5.75 Å². The number of carbonyl (C=O) groups is 2. The highest BCUT2D eigenvalue weighted by Crippen LogP contribution is 2.31. The number of nitrogens with zero attached hydrogens (tertiary/aromatic N) is 2. The number of nitrogens with two attached hydrogens (primary N) is 1. The standard InChI is InChI=1S/C25H31N3O4/c1-31-21-9-7-20(8-10-21)23(29)28-15-16-32-25(18-28)11-13-27(14-12-25)24(30)22(26)17-19-5-3-2-4-6-19/h2-10,22H,11-18,26H2,1H3. The molecule has 2 aromatic carbocycles. The lowest BCUT2D eigenvalue weighted by Crippen LogP contribution is -2.59. The van der Waals surface area contributed by atoms with Gasteiger partial charge in [0, 0.05) is 25.2 Å². The molecule has 7 nitrogen and oxygen atoms in total. The second kappa shape index (κ2) is 9.71. The number of benzene rings is 2. The molecule has 2 amide bonds. The van der Waals surface area contributed by atoms with Gasteiger partial charge >= 0.3 is 0 Å². The Balaban J connectivity index is 1.33. The van der Waals surface area contributed by atoms with Crippen LogP contribution in [0.15, 0.2) is 54.6 Å². The first-order valence-corrected chi connectivity index (χ1v) is 11.2. The van der Waals surface area contributed by atoms with Crippen LogP contribution < -0.4 is 10.5 Å². The fourth-order valence-electron chi connectivity index (χ4n) is 4.56. The number of ether oxygens (including phenoxy) is 2. The summed E-state index contributed by atoms with van der Waals surface area (Å²) in [5, 5.41) is 0. The van der Waals surface area contributed by atoms with Crippen LogP contribution in [0.1, 0.15) is 28.8 Å². The summed E-state index contributed by atoms with van der Waals surface area (Å²) < 4.78 is 11.3. The van der Waals surface area contributed by atoms with Gasteiger partial charge in [-0.15, -0.1) is 0 Å². The van der Waals surface area contributed by atoms with E-state index in [0.29, 0.717) is 57.6 Å². The Hall–Kier alpha value is -2.90. The minimum atomic E-state index is -0.549. The SMILES string of the molecule is COc1ccc(C(=O)N2CCOC3(CCN(C(=O)C(N)Cc4ccccc4)CC3)C2)cc1. The molecule has 0 bridgehead atoms. The average molecular weight is 438 g/mol. The van der Waals surface area contributed by atoms with Gasteiger partial charge in [-0.25, -0.2) is 0 Å². The Kier molecular flexibility index (Phi) is 6.77. The number of methoxy groups -OCH3 is 1. The van der Waals surface area contributed by atoms with Gasteiger partial charge in [-0.2, -0.15) is 0 Å². The molecule has 1 unspecified atom stereocenters. The van der Waals surface area contributed by atoms with Crippen LogP contribution in [0.2, 0.25) is 0 Å². The Morgan fingerprint density at radius 3 is 2.38 bits per heavy atom. The number of piperidine rings is 1. The highest BCUT2D eigenvalue weighted by Gasteiger charge is 2.42. The molecule has 170 valence electrons. The van der Waals surface area contributed by atoms with E-state index in [0.717, 1.165) is 11.3 Å². The Morgan fingerprint density at radius 2 is 1.72 bits per heavy atom. The van der Waals surface area contributed by atoms with Gasteiger partial charge < -0.3 is 25.0 Å². The molecule has 2 aliphatic heterocycles. The molecule has 2 aromatic rings. The Bertz CT molecular complexity index is 924. The molecule has 7 heteroatoms. The first kappa shape index (κ1) is 22.3. The van der Waals surface area contributed by atoms with Crippen LogP contribution in [0.5, 0.6) is 5.75 Å². The molecule has 1 atom stereocenters. The van der Waals surface area contributed by atoms with Crippen LogP contribution >= 0.6 is 0 Å². The molecule has 2 heterocycles. The van der Waals surface area contributed by atoms with Crippen molar-refractivity contribution in [1.29, 1.82) is 0 Å². The summed E-state index contributed by atoms with van der Waals surface area (Å²) in [6.07, 6.45) is 1.92. The zero-order valence-electron chi connectivity index (χ0n) is 18.5. The van der Waals surface area contributed by atoms with Crippen LogP contribution in [-0.2, 0) is 16.0 Å². The molecule has 1 spiro atoms. The summed E-state index contributed by atoms with van der Waals surface area (Å²) in [5.74, 6) is 0.701. The summed E-state index contributed by atoms with van der Waals surface area (Å²) in [6.45, 7) is 2.79. The second-order valence-electron chi connectivity index (χ2n) is 8.61. The van der Waals surface area contributed by atoms with Crippen molar-refractivity contribution in [1.82, 2.24) is 9.80 Å². The zero-order chi connectivity index (χ0) is 22.6. The van der Waals surface area contributed by atoms with Gasteiger partial charge in [0.2, 0.25) is 5.91 Å². The minimum absolute atomic E-state index is 0.00119. The molecular weight excluding hydrogens is 406 g/mol. The number of morpholine rings is 1. The number of hydrogen-bond donors (Lipinski definition) is 1. The average Bonchev–Trinajstić information content (AvgIpc) is 2.84. The van der Waals surface area contributed by atoms with E-state index in [-0.39, 0.29) is 11.8 Å². The third kappa shape index (κ3) is 4.95. The molecule has 2 N–H and O–H groups in total. The van der Waals surface area contributed by atoms with Crippen molar-refractivity contribution in [3.05, 3.63) is 65.7 Å². The van der Waals surface area contributed by atoms with Gasteiger partial charge in [0.15, 0.2) is 0 Å². The molecule has 0 radical (unpaired) electrons. The maximum absolute atomic E-state index is 13.0. The first-order valence-electron chi connectivity index (χ1n) is 11.2. The molecule has 0 aliphatic carbocycles. The molecule has 4 rings (SSSR count). The van der Waals surface area contributed by atoms with Gasteiger partial charge in [0.25, 0.3) is 5.91 Å². The van der Waals surface area contributed by atoms with Crippen molar-refractivity contribution in [2.45, 2.75) is 30.9 Å². The van der Waals surface area contributed by atoms with Crippen molar-refractivity contribution in [2.24, 2.45) is 5.73 Å². The van der Waals surface area contributed by atoms with Crippen molar-refractivity contribution in [3.8, 4) is 5.75 Å². The number of amides is 2. The van der Waals surface area contributed by atoms with Crippen molar-refractivity contribution < 1.29 is 19.1 Å². The largest absolute Gasteiger partial charge is 0.497 e. The van der Waals surface area contributed by atoms with Gasteiger partial charge in [0.05, 0.1) is 31.9 Å². The topological polar surface area (TPSA) is 85.1 Å². The smallest absolute Gasteiger partial charge is 0.254 e. The van der Waals surface area contributed by atoms with Crippen molar-refractivity contribution in [3.63, 3.8) is 0 Å². The van der Waals surface area contributed by atoms with Crippen LogP contribution in [0.4, 0.5) is 0 Å². The molecule has 32 heavy (non-hydrogen) atoms. The zero-order valence-corrected chi connectivity index (χ0v) is 18.5. The number of hydrogen-bond acceptors (Lipinski definition) is 5. The fourth-order valence-corrected chi connectivity index (χ4v) is 4.56. The second-order valence-corrected chi connectivity index (χ2v) is 8.61. The van der Waals surface area contributed by atoms with E-state index in [9.17, 15) is 9.59 Å². The van der Waals surface area contributed by atoms with Crippen molar-refractivity contribution >= 4 is 11.8 Å². The van der Waals surface area contributed by atoms with Crippen LogP contribution in [0.3, 0.4) is 0 Å². The summed E-state index contributed by atoms with van der Waals surface area (Å²) in [6, 6.07) is 16.5.